The number of sulfonamides is 2. The first kappa shape index (κ1) is 55.7. The van der Waals surface area contributed by atoms with E-state index in [0.29, 0.717) is 78.8 Å². The Balaban J connectivity index is 0.000000262. The Kier molecular flexibility index (Phi) is 17.9. The molecule has 2 aliphatic rings. The summed E-state index contributed by atoms with van der Waals surface area (Å²) in [5.74, 6) is -1.43. The predicted molar refractivity (Wildman–Crippen MR) is 250 cm³/mol. The van der Waals surface area contributed by atoms with E-state index >= 15 is 0 Å². The summed E-state index contributed by atoms with van der Waals surface area (Å²) in [6.07, 6.45) is -4.37. The van der Waals surface area contributed by atoms with Crippen LogP contribution >= 0.6 is 0 Å². The van der Waals surface area contributed by atoms with E-state index in [4.69, 9.17) is 19.3 Å². The van der Waals surface area contributed by atoms with Gasteiger partial charge in [0.15, 0.2) is 13.2 Å². The zero-order valence-corrected chi connectivity index (χ0v) is 41.6. The molecular weight excluding hydrogens is 967 g/mol. The molecule has 0 amide bonds. The maximum atomic E-state index is 13.5. The third-order valence-corrected chi connectivity index (χ3v) is 14.5. The van der Waals surface area contributed by atoms with Gasteiger partial charge in [0.05, 0.1) is 20.9 Å². The summed E-state index contributed by atoms with van der Waals surface area (Å²) in [4.78, 5) is 22.2. The van der Waals surface area contributed by atoms with Crippen LogP contribution in [0.3, 0.4) is 0 Å². The van der Waals surface area contributed by atoms with E-state index in [-0.39, 0.29) is 29.6 Å². The minimum atomic E-state index is -4.68. The normalized spacial score (nSPS) is 16.8. The molecule has 6 rings (SSSR count). The number of carbonyl (C=O) groups is 2. The number of fused-ring (bicyclic) bond motifs is 2. The van der Waals surface area contributed by atoms with Crippen LogP contribution < -0.4 is 18.9 Å². The van der Waals surface area contributed by atoms with Gasteiger partial charge in [-0.25, -0.2) is 35.9 Å². The zero-order chi connectivity index (χ0) is 52.0. The molecule has 384 valence electrons. The fourth-order valence-electron chi connectivity index (χ4n) is 8.19. The molecule has 20 heteroatoms. The number of carboxylic acid groups (broad SMARTS) is 1. The van der Waals surface area contributed by atoms with Crippen molar-refractivity contribution < 1.29 is 72.1 Å². The van der Waals surface area contributed by atoms with Gasteiger partial charge in [-0.1, -0.05) is 64.8 Å². The molecule has 0 bridgehead atoms. The number of nitrogens with one attached hydrogen (secondary N) is 2. The SMILES string of the molecule is CC(C)c1cc(C(F)(F)F)cc(S(=O)(=O)NC2CCCCc3c(OCC(=O)O)cccc32)c1.CC(C)c1cc(C(F)(F)F)cc(S(=O)(=O)NC2CCCCc3c(OCC(=O)OC(C)(C)C)cccc32)c1. The lowest BCUT2D eigenvalue weighted by Crippen LogP contribution is -2.29. The number of benzene rings is 4. The van der Waals surface area contributed by atoms with E-state index in [1.807, 2.05) is 0 Å². The van der Waals surface area contributed by atoms with Crippen LogP contribution in [-0.4, -0.2) is 52.7 Å². The van der Waals surface area contributed by atoms with Crippen LogP contribution in [0.4, 0.5) is 26.3 Å². The van der Waals surface area contributed by atoms with Crippen LogP contribution in [0.5, 0.6) is 11.5 Å². The third-order valence-electron chi connectivity index (χ3n) is 11.6. The highest BCUT2D eigenvalue weighted by molar-refractivity contribution is 7.89. The fourth-order valence-corrected chi connectivity index (χ4v) is 10.8. The van der Waals surface area contributed by atoms with Crippen molar-refractivity contribution in [1.82, 2.24) is 9.44 Å². The number of carbonyl (C=O) groups excluding carboxylic acids is 1. The van der Waals surface area contributed by atoms with E-state index in [1.165, 1.54) is 12.1 Å². The van der Waals surface area contributed by atoms with Gasteiger partial charge >= 0.3 is 24.3 Å². The molecule has 0 spiro atoms. The molecule has 0 radical (unpaired) electrons. The molecular formula is C50H60F6N2O10S2. The van der Waals surface area contributed by atoms with Crippen LogP contribution in [0.15, 0.2) is 82.6 Å². The number of halogens is 6. The lowest BCUT2D eigenvalue weighted by Gasteiger charge is -2.22. The molecule has 2 aliphatic carbocycles. The second-order valence-corrected chi connectivity index (χ2v) is 22.4. The Labute approximate surface area is 405 Å². The highest BCUT2D eigenvalue weighted by Gasteiger charge is 2.36. The molecule has 70 heavy (non-hydrogen) atoms. The molecule has 2 atom stereocenters. The van der Waals surface area contributed by atoms with E-state index in [1.54, 1.807) is 84.9 Å². The van der Waals surface area contributed by atoms with E-state index in [9.17, 15) is 52.8 Å². The van der Waals surface area contributed by atoms with Gasteiger partial charge in [0.2, 0.25) is 20.0 Å². The summed E-state index contributed by atoms with van der Waals surface area (Å²) in [5.41, 5.74) is 0.673. The molecule has 0 heterocycles. The standard InChI is InChI=1S/C27H34F3NO5S.C23H26F3NO5S/c1-17(2)18-13-19(27(28,29)30)15-20(14-18)37(33,34)31-23-11-7-6-9-22-21(23)10-8-12-24(22)35-16-25(32)36-26(3,4)5;1-14(2)15-10-16(23(24,25)26)12-17(11-15)33(30,31)27-20-8-4-3-6-19-18(20)7-5-9-21(19)32-13-22(28)29/h8,10,12-15,17,23,31H,6-7,9,11,16H2,1-5H3;5,7,9-12,14,20,27H,3-4,6,8,13H2,1-2H3,(H,28,29). The third kappa shape index (κ3) is 15.2. The molecule has 0 saturated heterocycles. The Morgan fingerprint density at radius 3 is 1.39 bits per heavy atom. The summed E-state index contributed by atoms with van der Waals surface area (Å²) in [6, 6.07) is 14.7. The zero-order valence-electron chi connectivity index (χ0n) is 40.0. The average molecular weight is 1030 g/mol. The highest BCUT2D eigenvalue weighted by atomic mass is 32.2. The van der Waals surface area contributed by atoms with Crippen molar-refractivity contribution >= 4 is 32.0 Å². The van der Waals surface area contributed by atoms with Crippen LogP contribution in [0, 0.1) is 0 Å². The van der Waals surface area contributed by atoms with Gasteiger partial charge in [-0.3, -0.25) is 0 Å². The van der Waals surface area contributed by atoms with Gasteiger partial charge in [-0.15, -0.1) is 0 Å². The number of esters is 1. The van der Waals surface area contributed by atoms with Gasteiger partial charge in [0.1, 0.15) is 17.1 Å². The first-order chi connectivity index (χ1) is 32.4. The van der Waals surface area contributed by atoms with Crippen LogP contribution in [-0.2, 0) is 59.6 Å². The number of alkyl halides is 6. The van der Waals surface area contributed by atoms with Gasteiger partial charge in [-0.2, -0.15) is 26.3 Å². The van der Waals surface area contributed by atoms with Gasteiger partial charge in [0, 0.05) is 12.1 Å². The quantitative estimate of drug-likeness (QED) is 0.0626. The molecule has 0 fully saturated rings. The Morgan fingerprint density at radius 2 is 1.03 bits per heavy atom. The second-order valence-electron chi connectivity index (χ2n) is 18.9. The van der Waals surface area contributed by atoms with E-state index in [2.05, 4.69) is 9.44 Å². The summed E-state index contributed by atoms with van der Waals surface area (Å²) >= 11 is 0. The van der Waals surface area contributed by atoms with E-state index < -0.39 is 89.5 Å². The highest BCUT2D eigenvalue weighted by Crippen LogP contribution is 2.39. The van der Waals surface area contributed by atoms with Crippen molar-refractivity contribution in [3.63, 3.8) is 0 Å². The Morgan fingerprint density at radius 1 is 0.629 bits per heavy atom. The molecule has 0 saturated carbocycles. The van der Waals surface area contributed by atoms with Crippen molar-refractivity contribution in [2.45, 2.75) is 151 Å². The minimum Gasteiger partial charge on any atom is -0.482 e. The number of ether oxygens (including phenoxy) is 3. The van der Waals surface area contributed by atoms with Gasteiger partial charge < -0.3 is 19.3 Å². The molecule has 0 aromatic heterocycles. The van der Waals surface area contributed by atoms with Crippen molar-refractivity contribution in [1.29, 1.82) is 0 Å². The van der Waals surface area contributed by atoms with Crippen molar-refractivity contribution in [3.8, 4) is 11.5 Å². The smallest absolute Gasteiger partial charge is 0.416 e. The number of rotatable bonds is 14. The summed E-state index contributed by atoms with van der Waals surface area (Å²) < 4.78 is 155. The second kappa shape index (κ2) is 22.5. The molecule has 4 aromatic rings. The first-order valence-electron chi connectivity index (χ1n) is 22.9. The van der Waals surface area contributed by atoms with Crippen LogP contribution in [0.1, 0.15) is 155 Å². The molecule has 12 nitrogen and oxygen atoms in total. The maximum absolute atomic E-state index is 13.5. The number of hydrogen-bond donors (Lipinski definition) is 3. The lowest BCUT2D eigenvalue weighted by atomic mass is 9.99. The fraction of sp³-hybridized carbons (Fsp3) is 0.480. The average Bonchev–Trinajstić information content (AvgIpc) is 3.59. The molecule has 4 aromatic carbocycles. The van der Waals surface area contributed by atoms with Crippen molar-refractivity contribution in [2.24, 2.45) is 0 Å². The lowest BCUT2D eigenvalue weighted by molar-refractivity contribution is -0.157. The predicted octanol–water partition coefficient (Wildman–Crippen LogP) is 11.3. The van der Waals surface area contributed by atoms with Crippen LogP contribution in [0.25, 0.3) is 0 Å². The summed E-state index contributed by atoms with van der Waals surface area (Å²) in [6.45, 7) is 11.2. The number of carboxylic acids is 1. The summed E-state index contributed by atoms with van der Waals surface area (Å²) in [5, 5.41) is 8.91. The van der Waals surface area contributed by atoms with Crippen molar-refractivity contribution in [3.05, 3.63) is 117 Å². The number of aliphatic carboxylic acids is 1. The topological polar surface area (TPSA) is 174 Å². The summed E-state index contributed by atoms with van der Waals surface area (Å²) in [7, 11) is -8.56. The molecule has 2 unspecified atom stereocenters. The number of hydrogen-bond acceptors (Lipinski definition) is 9. The monoisotopic (exact) mass is 1030 g/mol. The molecule has 0 aliphatic heterocycles. The minimum absolute atomic E-state index is 0.274. The Hall–Kier alpha value is -5.18. The maximum Gasteiger partial charge on any atom is 0.416 e. The van der Waals surface area contributed by atoms with Crippen molar-refractivity contribution in [2.75, 3.05) is 13.2 Å². The van der Waals surface area contributed by atoms with Crippen LogP contribution in [0.2, 0.25) is 0 Å². The van der Waals surface area contributed by atoms with Gasteiger partial charge in [0.25, 0.3) is 0 Å². The molecule has 3 N–H and O–H groups in total. The Bertz CT molecular complexity index is 2730. The van der Waals surface area contributed by atoms with E-state index in [0.717, 1.165) is 30.5 Å². The largest absolute Gasteiger partial charge is 0.482 e. The first-order valence-corrected chi connectivity index (χ1v) is 25.8. The van der Waals surface area contributed by atoms with Gasteiger partial charge in [-0.05, 0) is 153 Å².